The lowest BCUT2D eigenvalue weighted by Crippen LogP contribution is -1.79. The van der Waals surface area contributed by atoms with Gasteiger partial charge in [-0.2, -0.15) is 0 Å². The van der Waals surface area contributed by atoms with Crippen molar-refractivity contribution < 1.29 is 9.84 Å². The Labute approximate surface area is 85.2 Å². The molecule has 1 aromatic heterocycles. The number of benzene rings is 1. The maximum Gasteiger partial charge on any atom is 0.150 e. The smallest absolute Gasteiger partial charge is 0.150 e. The maximum atomic E-state index is 9.24. The Morgan fingerprint density at radius 2 is 2.23 bits per heavy atom. The van der Waals surface area contributed by atoms with E-state index in [0.29, 0.717) is 0 Å². The molecule has 2 aromatic rings. The molecule has 0 atom stereocenters. The third-order valence-electron chi connectivity index (χ3n) is 1.81. The highest BCUT2D eigenvalue weighted by atomic mass is 32.2. The Kier molecular flexibility index (Phi) is 2.09. The number of methoxy groups -OCH3 is 1. The SMILES string of the molecule is COc1c(S)sc2cc(O)ccc12. The molecule has 0 bridgehead atoms. The zero-order chi connectivity index (χ0) is 9.42. The molecule has 0 radical (unpaired) electrons. The predicted octanol–water partition coefficient (Wildman–Crippen LogP) is 2.90. The summed E-state index contributed by atoms with van der Waals surface area (Å²) >= 11 is 5.78. The molecule has 1 heterocycles. The molecule has 0 amide bonds. The van der Waals surface area contributed by atoms with Crippen LogP contribution >= 0.6 is 24.0 Å². The zero-order valence-electron chi connectivity index (χ0n) is 6.94. The van der Waals surface area contributed by atoms with Gasteiger partial charge in [-0.1, -0.05) is 0 Å². The topological polar surface area (TPSA) is 29.5 Å². The van der Waals surface area contributed by atoms with E-state index >= 15 is 0 Å². The summed E-state index contributed by atoms with van der Waals surface area (Å²) in [5.41, 5.74) is 0. The predicted molar refractivity (Wildman–Crippen MR) is 57.3 cm³/mol. The van der Waals surface area contributed by atoms with Gasteiger partial charge in [-0.25, -0.2) is 0 Å². The van der Waals surface area contributed by atoms with Crippen molar-refractivity contribution in [1.82, 2.24) is 0 Å². The van der Waals surface area contributed by atoms with Crippen molar-refractivity contribution in [3.05, 3.63) is 18.2 Å². The summed E-state index contributed by atoms with van der Waals surface area (Å²) in [6, 6.07) is 5.19. The normalized spacial score (nSPS) is 10.6. The van der Waals surface area contributed by atoms with Crippen LogP contribution in [0.2, 0.25) is 0 Å². The molecule has 0 spiro atoms. The Bertz CT molecular complexity index is 448. The van der Waals surface area contributed by atoms with Gasteiger partial charge in [0.05, 0.1) is 7.11 Å². The second-order valence-corrected chi connectivity index (χ2v) is 4.42. The van der Waals surface area contributed by atoms with Crippen LogP contribution in [-0.4, -0.2) is 12.2 Å². The third-order valence-corrected chi connectivity index (χ3v) is 3.23. The van der Waals surface area contributed by atoms with Gasteiger partial charge in [0.15, 0.2) is 5.75 Å². The zero-order valence-corrected chi connectivity index (χ0v) is 8.65. The number of aromatic hydroxyl groups is 1. The average molecular weight is 212 g/mol. The van der Waals surface area contributed by atoms with Crippen LogP contribution in [0.3, 0.4) is 0 Å². The van der Waals surface area contributed by atoms with Crippen LogP contribution in [-0.2, 0) is 0 Å². The molecular formula is C9H8O2S2. The van der Waals surface area contributed by atoms with Crippen molar-refractivity contribution in [3.63, 3.8) is 0 Å². The number of phenols is 1. The molecule has 1 aromatic carbocycles. The molecule has 2 nitrogen and oxygen atoms in total. The summed E-state index contributed by atoms with van der Waals surface area (Å²) < 4.78 is 7.01. The molecule has 0 aliphatic heterocycles. The van der Waals surface area contributed by atoms with Crippen LogP contribution in [0.5, 0.6) is 11.5 Å². The van der Waals surface area contributed by atoms with Crippen molar-refractivity contribution in [2.75, 3.05) is 7.11 Å². The van der Waals surface area contributed by atoms with E-state index in [1.165, 1.54) is 11.3 Å². The van der Waals surface area contributed by atoms with Crippen molar-refractivity contribution in [2.24, 2.45) is 0 Å². The van der Waals surface area contributed by atoms with E-state index in [2.05, 4.69) is 12.6 Å². The molecule has 0 aliphatic rings. The number of phenolic OH excluding ortho intramolecular Hbond substituents is 1. The fourth-order valence-corrected chi connectivity index (χ4v) is 2.70. The molecule has 0 saturated carbocycles. The van der Waals surface area contributed by atoms with Gasteiger partial charge in [-0.15, -0.1) is 24.0 Å². The highest BCUT2D eigenvalue weighted by Crippen LogP contribution is 2.41. The number of hydrogen-bond acceptors (Lipinski definition) is 4. The van der Waals surface area contributed by atoms with Gasteiger partial charge in [-0.05, 0) is 18.2 Å². The lowest BCUT2D eigenvalue weighted by Gasteiger charge is -1.97. The first-order valence-electron chi connectivity index (χ1n) is 3.71. The van der Waals surface area contributed by atoms with E-state index in [1.807, 2.05) is 6.07 Å². The van der Waals surface area contributed by atoms with Gasteiger partial charge in [0.1, 0.15) is 9.96 Å². The van der Waals surface area contributed by atoms with E-state index in [4.69, 9.17) is 4.74 Å². The molecule has 13 heavy (non-hydrogen) atoms. The van der Waals surface area contributed by atoms with Gasteiger partial charge in [-0.3, -0.25) is 0 Å². The minimum Gasteiger partial charge on any atom is -0.508 e. The lowest BCUT2D eigenvalue weighted by molar-refractivity contribution is 0.413. The summed E-state index contributed by atoms with van der Waals surface area (Å²) in [7, 11) is 1.62. The van der Waals surface area contributed by atoms with Gasteiger partial charge in [0, 0.05) is 10.1 Å². The van der Waals surface area contributed by atoms with E-state index in [1.54, 1.807) is 19.2 Å². The summed E-state index contributed by atoms with van der Waals surface area (Å²) in [4.78, 5) is 0. The second-order valence-electron chi connectivity index (χ2n) is 2.62. The molecular weight excluding hydrogens is 204 g/mol. The van der Waals surface area contributed by atoms with Gasteiger partial charge < -0.3 is 9.84 Å². The molecule has 0 aliphatic carbocycles. The number of rotatable bonds is 1. The standard InChI is InChI=1S/C9H8O2S2/c1-11-8-6-3-2-5(10)4-7(6)13-9(8)12/h2-4,10,12H,1H3. The van der Waals surface area contributed by atoms with E-state index < -0.39 is 0 Å². The van der Waals surface area contributed by atoms with Crippen LogP contribution in [0.4, 0.5) is 0 Å². The van der Waals surface area contributed by atoms with Gasteiger partial charge in [0.2, 0.25) is 0 Å². The summed E-state index contributed by atoms with van der Waals surface area (Å²) in [5.74, 6) is 1.05. The van der Waals surface area contributed by atoms with E-state index in [9.17, 15) is 5.11 Å². The molecule has 0 unspecified atom stereocenters. The Morgan fingerprint density at radius 1 is 1.46 bits per heavy atom. The summed E-state index contributed by atoms with van der Waals surface area (Å²) in [5, 5.41) is 10.2. The lowest BCUT2D eigenvalue weighted by atomic mass is 10.2. The van der Waals surface area contributed by atoms with Crippen molar-refractivity contribution in [1.29, 1.82) is 0 Å². The first-order chi connectivity index (χ1) is 6.22. The first kappa shape index (κ1) is 8.72. The van der Waals surface area contributed by atoms with E-state index in [0.717, 1.165) is 20.0 Å². The van der Waals surface area contributed by atoms with Crippen molar-refractivity contribution in [2.45, 2.75) is 4.21 Å². The number of ether oxygens (including phenoxy) is 1. The van der Waals surface area contributed by atoms with E-state index in [-0.39, 0.29) is 5.75 Å². The largest absolute Gasteiger partial charge is 0.508 e. The highest BCUT2D eigenvalue weighted by Gasteiger charge is 2.09. The fourth-order valence-electron chi connectivity index (χ4n) is 1.25. The Hall–Kier alpha value is -0.870. The number of thiol groups is 1. The second kappa shape index (κ2) is 3.12. The summed E-state index contributed by atoms with van der Waals surface area (Å²) in [6.07, 6.45) is 0. The molecule has 2 rings (SSSR count). The minimum absolute atomic E-state index is 0.268. The number of thiophene rings is 1. The number of hydrogen-bond donors (Lipinski definition) is 2. The third kappa shape index (κ3) is 1.36. The molecule has 1 N–H and O–H groups in total. The Morgan fingerprint density at radius 3 is 2.92 bits per heavy atom. The fraction of sp³-hybridized carbons (Fsp3) is 0.111. The molecule has 0 saturated heterocycles. The molecule has 68 valence electrons. The van der Waals surface area contributed by atoms with Crippen LogP contribution in [0.1, 0.15) is 0 Å². The highest BCUT2D eigenvalue weighted by molar-refractivity contribution is 7.83. The van der Waals surface area contributed by atoms with Gasteiger partial charge >= 0.3 is 0 Å². The molecule has 4 heteroatoms. The minimum atomic E-state index is 0.268. The first-order valence-corrected chi connectivity index (χ1v) is 4.97. The Balaban J connectivity index is 2.79. The van der Waals surface area contributed by atoms with Crippen LogP contribution in [0.25, 0.3) is 10.1 Å². The maximum absolute atomic E-state index is 9.24. The quantitative estimate of drug-likeness (QED) is 0.712. The van der Waals surface area contributed by atoms with Crippen LogP contribution < -0.4 is 4.74 Å². The van der Waals surface area contributed by atoms with Crippen molar-refractivity contribution in [3.8, 4) is 11.5 Å². The monoisotopic (exact) mass is 212 g/mol. The van der Waals surface area contributed by atoms with Crippen molar-refractivity contribution >= 4 is 34.1 Å². The average Bonchev–Trinajstić information content (AvgIpc) is 2.39. The van der Waals surface area contributed by atoms with Gasteiger partial charge in [0.25, 0.3) is 0 Å². The summed E-state index contributed by atoms with van der Waals surface area (Å²) in [6.45, 7) is 0. The molecule has 0 fully saturated rings. The number of fused-ring (bicyclic) bond motifs is 1. The van der Waals surface area contributed by atoms with Crippen LogP contribution in [0.15, 0.2) is 22.4 Å². The van der Waals surface area contributed by atoms with Crippen LogP contribution in [0, 0.1) is 0 Å².